The van der Waals surface area contributed by atoms with E-state index < -0.39 is 0 Å². The molecule has 1 aromatic heterocycles. The van der Waals surface area contributed by atoms with Gasteiger partial charge in [0.2, 0.25) is 0 Å². The summed E-state index contributed by atoms with van der Waals surface area (Å²) >= 11 is 0. The molecule has 2 rings (SSSR count). The molecule has 1 aromatic rings. The van der Waals surface area contributed by atoms with Crippen LogP contribution in [0.15, 0.2) is 12.4 Å². The minimum Gasteiger partial charge on any atom is -0.393 e. The summed E-state index contributed by atoms with van der Waals surface area (Å²) in [5.74, 6) is 1.19. The minimum atomic E-state index is -0.140. The van der Waals surface area contributed by atoms with Gasteiger partial charge in [-0.25, -0.2) is 9.97 Å². The zero-order valence-electron chi connectivity index (χ0n) is 8.93. The Balaban J connectivity index is 1.83. The van der Waals surface area contributed by atoms with E-state index in [1.165, 1.54) is 6.20 Å². The van der Waals surface area contributed by atoms with Crippen molar-refractivity contribution in [2.75, 3.05) is 11.9 Å². The number of anilines is 1. The largest absolute Gasteiger partial charge is 0.393 e. The third-order valence-corrected chi connectivity index (χ3v) is 2.85. The Morgan fingerprint density at radius 1 is 1.44 bits per heavy atom. The fraction of sp³-hybridized carbons (Fsp3) is 0.545. The first kappa shape index (κ1) is 10.8. The number of nitrogens with one attached hydrogen (secondary N) is 1. The molecular weight excluding hydrogens is 204 g/mol. The number of aliphatic hydroxyl groups excluding tert-OH is 1. The Kier molecular flexibility index (Phi) is 3.32. The molecule has 5 nitrogen and oxygen atoms in total. The first-order valence-electron chi connectivity index (χ1n) is 5.42. The lowest BCUT2D eigenvalue weighted by Gasteiger charge is -2.10. The molecule has 2 atom stereocenters. The lowest BCUT2D eigenvalue weighted by atomic mass is 10.1. The van der Waals surface area contributed by atoms with Crippen LogP contribution >= 0.6 is 0 Å². The lowest BCUT2D eigenvalue weighted by Crippen LogP contribution is -2.13. The molecule has 1 saturated carbocycles. The Morgan fingerprint density at radius 3 is 2.88 bits per heavy atom. The summed E-state index contributed by atoms with van der Waals surface area (Å²) in [6, 6.07) is 1.92. The molecule has 1 fully saturated rings. The highest BCUT2D eigenvalue weighted by Gasteiger charge is 2.22. The van der Waals surface area contributed by atoms with Gasteiger partial charge in [-0.1, -0.05) is 0 Å². The van der Waals surface area contributed by atoms with Crippen molar-refractivity contribution >= 4 is 5.82 Å². The summed E-state index contributed by atoms with van der Waals surface area (Å²) in [6.45, 7) is 0.803. The molecule has 0 amide bonds. The van der Waals surface area contributed by atoms with Gasteiger partial charge in [0.15, 0.2) is 5.69 Å². The first-order valence-corrected chi connectivity index (χ1v) is 5.42. The molecule has 0 aromatic carbocycles. The zero-order chi connectivity index (χ0) is 11.4. The van der Waals surface area contributed by atoms with Crippen LogP contribution in [0.1, 0.15) is 25.0 Å². The molecule has 5 heteroatoms. The van der Waals surface area contributed by atoms with Crippen LogP contribution in [0.4, 0.5) is 5.82 Å². The number of hydrogen-bond acceptors (Lipinski definition) is 5. The average Bonchev–Trinajstić information content (AvgIpc) is 2.73. The maximum absolute atomic E-state index is 9.37. The Morgan fingerprint density at radius 2 is 2.31 bits per heavy atom. The summed E-state index contributed by atoms with van der Waals surface area (Å²) in [5.41, 5.74) is 0.321. The normalized spacial score (nSPS) is 24.0. The SMILES string of the molecule is N#Cc1cnc(NCC2CCC(O)C2)cn1. The number of aromatic nitrogens is 2. The molecule has 0 radical (unpaired) electrons. The van der Waals surface area contributed by atoms with Crippen LogP contribution in [-0.4, -0.2) is 27.7 Å². The number of aliphatic hydroxyl groups is 1. The van der Waals surface area contributed by atoms with Crippen molar-refractivity contribution in [3.05, 3.63) is 18.1 Å². The smallest absolute Gasteiger partial charge is 0.158 e. The molecule has 1 aliphatic rings. The molecule has 84 valence electrons. The van der Waals surface area contributed by atoms with E-state index in [0.717, 1.165) is 25.8 Å². The van der Waals surface area contributed by atoms with Gasteiger partial charge in [-0.05, 0) is 25.2 Å². The van der Waals surface area contributed by atoms with E-state index in [-0.39, 0.29) is 6.10 Å². The predicted octanol–water partition coefficient (Wildman–Crippen LogP) is 0.921. The maximum atomic E-state index is 9.37. The molecule has 16 heavy (non-hydrogen) atoms. The van der Waals surface area contributed by atoms with E-state index >= 15 is 0 Å². The van der Waals surface area contributed by atoms with E-state index in [2.05, 4.69) is 15.3 Å². The minimum absolute atomic E-state index is 0.140. The molecule has 2 unspecified atom stereocenters. The van der Waals surface area contributed by atoms with Gasteiger partial charge in [-0.2, -0.15) is 5.26 Å². The predicted molar refractivity (Wildman–Crippen MR) is 58.6 cm³/mol. The summed E-state index contributed by atoms with van der Waals surface area (Å²) < 4.78 is 0. The molecular formula is C11H14N4O. The van der Waals surface area contributed by atoms with E-state index in [0.29, 0.717) is 17.4 Å². The summed E-state index contributed by atoms with van der Waals surface area (Å²) in [6.07, 6.45) is 5.68. The highest BCUT2D eigenvalue weighted by molar-refractivity contribution is 5.33. The highest BCUT2D eigenvalue weighted by atomic mass is 16.3. The van der Waals surface area contributed by atoms with Gasteiger partial charge in [0, 0.05) is 6.54 Å². The average molecular weight is 218 g/mol. The second kappa shape index (κ2) is 4.90. The fourth-order valence-corrected chi connectivity index (χ4v) is 1.96. The van der Waals surface area contributed by atoms with Gasteiger partial charge >= 0.3 is 0 Å². The number of rotatable bonds is 3. The van der Waals surface area contributed by atoms with Gasteiger partial charge in [0.25, 0.3) is 0 Å². The molecule has 0 aliphatic heterocycles. The van der Waals surface area contributed by atoms with Crippen LogP contribution in [0.5, 0.6) is 0 Å². The van der Waals surface area contributed by atoms with Gasteiger partial charge < -0.3 is 10.4 Å². The van der Waals surface area contributed by atoms with Crippen molar-refractivity contribution in [3.63, 3.8) is 0 Å². The quantitative estimate of drug-likeness (QED) is 0.788. The summed E-state index contributed by atoms with van der Waals surface area (Å²) in [4.78, 5) is 7.99. The van der Waals surface area contributed by atoms with Crippen LogP contribution in [0.2, 0.25) is 0 Å². The Bertz CT molecular complexity index is 384. The van der Waals surface area contributed by atoms with Gasteiger partial charge in [0.05, 0.1) is 18.5 Å². The van der Waals surface area contributed by atoms with Crippen molar-refractivity contribution in [2.24, 2.45) is 5.92 Å². The standard InChI is InChI=1S/C11H14N4O/c12-4-9-6-15-11(7-13-9)14-5-8-1-2-10(16)3-8/h6-8,10,16H,1-3,5H2,(H,14,15). The van der Waals surface area contributed by atoms with Crippen molar-refractivity contribution in [1.82, 2.24) is 9.97 Å². The monoisotopic (exact) mass is 218 g/mol. The third kappa shape index (κ3) is 2.67. The zero-order valence-corrected chi connectivity index (χ0v) is 8.93. The summed E-state index contributed by atoms with van der Waals surface area (Å²) in [5, 5.41) is 21.1. The van der Waals surface area contributed by atoms with Crippen LogP contribution in [0.25, 0.3) is 0 Å². The molecule has 0 spiro atoms. The molecule has 1 aliphatic carbocycles. The Hall–Kier alpha value is -1.67. The highest BCUT2D eigenvalue weighted by Crippen LogP contribution is 2.25. The van der Waals surface area contributed by atoms with Crippen LogP contribution in [-0.2, 0) is 0 Å². The van der Waals surface area contributed by atoms with E-state index in [1.54, 1.807) is 6.20 Å². The first-order chi connectivity index (χ1) is 7.78. The maximum Gasteiger partial charge on any atom is 0.158 e. The topological polar surface area (TPSA) is 81.8 Å². The van der Waals surface area contributed by atoms with E-state index in [9.17, 15) is 5.11 Å². The molecule has 0 bridgehead atoms. The lowest BCUT2D eigenvalue weighted by molar-refractivity contribution is 0.178. The van der Waals surface area contributed by atoms with Crippen molar-refractivity contribution < 1.29 is 5.11 Å². The van der Waals surface area contributed by atoms with Gasteiger partial charge in [-0.15, -0.1) is 0 Å². The fourth-order valence-electron chi connectivity index (χ4n) is 1.96. The van der Waals surface area contributed by atoms with Crippen molar-refractivity contribution in [3.8, 4) is 6.07 Å². The van der Waals surface area contributed by atoms with E-state index in [1.807, 2.05) is 6.07 Å². The van der Waals surface area contributed by atoms with Gasteiger partial charge in [-0.3, -0.25) is 0 Å². The van der Waals surface area contributed by atoms with E-state index in [4.69, 9.17) is 5.26 Å². The van der Waals surface area contributed by atoms with Crippen molar-refractivity contribution in [2.45, 2.75) is 25.4 Å². The number of nitrogens with zero attached hydrogens (tertiary/aromatic N) is 3. The molecule has 1 heterocycles. The molecule has 0 saturated heterocycles. The Labute approximate surface area is 94.2 Å². The number of nitriles is 1. The van der Waals surface area contributed by atoms with Crippen LogP contribution in [0, 0.1) is 17.2 Å². The van der Waals surface area contributed by atoms with Crippen LogP contribution in [0.3, 0.4) is 0 Å². The van der Waals surface area contributed by atoms with Gasteiger partial charge in [0.1, 0.15) is 11.9 Å². The summed E-state index contributed by atoms with van der Waals surface area (Å²) in [7, 11) is 0. The second-order valence-electron chi connectivity index (χ2n) is 4.11. The van der Waals surface area contributed by atoms with Crippen LogP contribution < -0.4 is 5.32 Å². The number of hydrogen-bond donors (Lipinski definition) is 2. The van der Waals surface area contributed by atoms with Crippen molar-refractivity contribution in [1.29, 1.82) is 5.26 Å². The second-order valence-corrected chi connectivity index (χ2v) is 4.11. The molecule has 2 N–H and O–H groups in total. The third-order valence-electron chi connectivity index (χ3n) is 2.85.